The summed E-state index contributed by atoms with van der Waals surface area (Å²) in [5.41, 5.74) is 4.78. The van der Waals surface area contributed by atoms with E-state index in [1.165, 1.54) is 228 Å². The molecule has 0 saturated heterocycles. The molecule has 0 unspecified atom stereocenters. The number of anilines is 2. The van der Waals surface area contributed by atoms with Gasteiger partial charge in [-0.3, -0.25) is 0 Å². The van der Waals surface area contributed by atoms with Crippen LogP contribution in [0.2, 0.25) is 0 Å². The topological polar surface area (TPSA) is 19.4 Å². The summed E-state index contributed by atoms with van der Waals surface area (Å²) in [4.78, 5) is 10.0. The molecular weight excluding hydrogens is 690 g/mol. The molecule has 0 fully saturated rings. The van der Waals surface area contributed by atoms with Gasteiger partial charge in [-0.05, 0) is 43.2 Å². The molecule has 3 aromatic rings. The fraction of sp³-hybridized carbons (Fsp3) is 0.745. The van der Waals surface area contributed by atoms with Gasteiger partial charge in [0.2, 0.25) is 0 Å². The molecule has 0 aliphatic rings. The minimum absolute atomic E-state index is 0. The van der Waals surface area contributed by atoms with Crippen molar-refractivity contribution in [3.8, 4) is 0 Å². The lowest BCUT2D eigenvalue weighted by Gasteiger charge is -2.20. The number of fused-ring (bicyclic) bond motifs is 2. The van der Waals surface area contributed by atoms with Crippen LogP contribution in [0.4, 0.5) is 11.4 Å². The van der Waals surface area contributed by atoms with Crippen LogP contribution >= 0.6 is 12.4 Å². The van der Waals surface area contributed by atoms with E-state index < -0.39 is 0 Å². The van der Waals surface area contributed by atoms with Crippen LogP contribution in [0.5, 0.6) is 0 Å². The van der Waals surface area contributed by atoms with Crippen LogP contribution in [-0.4, -0.2) is 32.2 Å². The fourth-order valence-electron chi connectivity index (χ4n) is 8.33. The maximum absolute atomic E-state index is 5.17. The number of benzene rings is 2. The van der Waals surface area contributed by atoms with Gasteiger partial charge in [-0.2, -0.15) is 0 Å². The van der Waals surface area contributed by atoms with E-state index in [0.717, 1.165) is 24.1 Å². The first-order chi connectivity index (χ1) is 26.6. The molecule has 0 saturated carbocycles. The highest BCUT2D eigenvalue weighted by Crippen LogP contribution is 2.27. The molecule has 3 rings (SSSR count). The Hall–Kier alpha value is -2.00. The molecule has 55 heavy (non-hydrogen) atoms. The van der Waals surface area contributed by atoms with Gasteiger partial charge in [0.15, 0.2) is 0 Å². The van der Waals surface area contributed by atoms with Crippen LogP contribution in [0, 0.1) is 0 Å². The molecule has 4 heteroatoms. The number of rotatable bonds is 36. The highest BCUT2D eigenvalue weighted by Gasteiger charge is 2.08. The zero-order chi connectivity index (χ0) is 38.3. The summed E-state index contributed by atoms with van der Waals surface area (Å²) >= 11 is 0. The fourth-order valence-corrected chi connectivity index (χ4v) is 8.33. The van der Waals surface area contributed by atoms with Crippen molar-refractivity contribution in [2.24, 2.45) is 0 Å². The Bertz CT molecular complexity index is 1230. The van der Waals surface area contributed by atoms with Crippen molar-refractivity contribution in [2.45, 2.75) is 219 Å². The first-order valence-electron chi connectivity index (χ1n) is 23.9. The van der Waals surface area contributed by atoms with Gasteiger partial charge < -0.3 is 9.80 Å². The van der Waals surface area contributed by atoms with Gasteiger partial charge in [0.25, 0.3) is 0 Å². The van der Waals surface area contributed by atoms with E-state index in [9.17, 15) is 0 Å². The van der Waals surface area contributed by atoms with E-state index in [-0.39, 0.29) is 12.4 Å². The van der Waals surface area contributed by atoms with Gasteiger partial charge in [0.05, 0.1) is 11.0 Å². The second-order valence-corrected chi connectivity index (χ2v) is 17.2. The molecule has 1 aromatic heterocycles. The summed E-state index contributed by atoms with van der Waals surface area (Å²) in [7, 11) is 4.50. The van der Waals surface area contributed by atoms with Gasteiger partial charge in [-0.25, -0.2) is 4.98 Å². The molecule has 1 heterocycles. The molecular formula is C51H88ClN3. The number of nitrogens with zero attached hydrogens (tertiary/aromatic N) is 3. The minimum atomic E-state index is 0. The third kappa shape index (κ3) is 22.5. The molecule has 0 spiro atoms. The van der Waals surface area contributed by atoms with Gasteiger partial charge >= 0.3 is 0 Å². The van der Waals surface area contributed by atoms with E-state index in [2.05, 4.69) is 80.2 Å². The normalized spacial score (nSPS) is 11.4. The quantitative estimate of drug-likeness (QED) is 0.0433. The van der Waals surface area contributed by atoms with Crippen molar-refractivity contribution in [3.63, 3.8) is 0 Å². The second kappa shape index (κ2) is 33.0. The van der Waals surface area contributed by atoms with Gasteiger partial charge in [-0.1, -0.05) is 219 Å². The third-order valence-electron chi connectivity index (χ3n) is 12.2. The second-order valence-electron chi connectivity index (χ2n) is 17.2. The van der Waals surface area contributed by atoms with Crippen molar-refractivity contribution in [1.29, 1.82) is 0 Å². The highest BCUT2D eigenvalue weighted by molar-refractivity contribution is 5.95. The van der Waals surface area contributed by atoms with Crippen LogP contribution in [0.15, 0.2) is 42.5 Å². The molecule has 0 radical (unpaired) electrons. The lowest BCUT2D eigenvalue weighted by molar-refractivity contribution is 0.529. The molecule has 0 amide bonds. The Labute approximate surface area is 348 Å². The summed E-state index contributed by atoms with van der Waals surface area (Å²) in [5.74, 6) is 0. The number of hydrogen-bond donors (Lipinski definition) is 0. The zero-order valence-corrected chi connectivity index (χ0v) is 37.6. The Morgan fingerprint density at radius 3 is 0.873 bits per heavy atom. The molecule has 314 valence electrons. The van der Waals surface area contributed by atoms with Gasteiger partial charge in [-0.15, -0.1) is 12.4 Å². The molecule has 0 bridgehead atoms. The zero-order valence-electron chi connectivity index (χ0n) is 36.8. The number of halogens is 1. The van der Waals surface area contributed by atoms with E-state index in [1.807, 2.05) is 0 Å². The summed E-state index contributed by atoms with van der Waals surface area (Å²) in [6.07, 6.45) is 45.4. The van der Waals surface area contributed by atoms with Crippen LogP contribution < -0.4 is 9.80 Å². The van der Waals surface area contributed by atoms with E-state index in [1.54, 1.807) is 0 Å². The summed E-state index contributed by atoms with van der Waals surface area (Å²) in [6, 6.07) is 16.0. The Morgan fingerprint density at radius 1 is 0.345 bits per heavy atom. The van der Waals surface area contributed by atoms with E-state index in [4.69, 9.17) is 4.98 Å². The standard InChI is InChI=1S/C51H87N3.ClH/c1-5-7-9-11-13-15-17-19-21-23-25-27-29-31-33-35-41-53(3)48-39-37-46-43-47-38-40-49(45-51(47)52-50(46)44-48)54(4)42-36-34-32-30-28-26-24-22-20-18-16-14-12-10-8-6-2;/h37-40,43-45H,5-36,41-42H2,1-4H3;1H. The molecule has 0 atom stereocenters. The van der Waals surface area contributed by atoms with E-state index >= 15 is 0 Å². The lowest BCUT2D eigenvalue weighted by Crippen LogP contribution is -2.18. The first kappa shape index (κ1) is 49.1. The molecule has 0 N–H and O–H groups in total. The Balaban J connectivity index is 0.0000105. The largest absolute Gasteiger partial charge is 0.375 e. The molecule has 2 aromatic carbocycles. The van der Waals surface area contributed by atoms with Crippen LogP contribution in [0.3, 0.4) is 0 Å². The van der Waals surface area contributed by atoms with Crippen molar-refractivity contribution in [2.75, 3.05) is 37.0 Å². The average Bonchev–Trinajstić information content (AvgIpc) is 3.19. The predicted molar refractivity (Wildman–Crippen MR) is 252 cm³/mol. The van der Waals surface area contributed by atoms with E-state index in [0.29, 0.717) is 0 Å². The number of unbranched alkanes of at least 4 members (excludes halogenated alkanes) is 30. The molecule has 3 nitrogen and oxygen atoms in total. The summed E-state index contributed by atoms with van der Waals surface area (Å²) in [6.45, 7) is 6.84. The highest BCUT2D eigenvalue weighted by atomic mass is 35.5. The SMILES string of the molecule is CCCCCCCCCCCCCCCCCCN(C)c1ccc2cc3ccc(N(C)CCCCCCCCCCCCCCCCCC)cc3nc2c1.Cl. The van der Waals surface area contributed by atoms with Crippen molar-refractivity contribution < 1.29 is 0 Å². The number of pyridine rings is 1. The molecule has 0 aliphatic heterocycles. The van der Waals surface area contributed by atoms with Crippen LogP contribution in [-0.2, 0) is 0 Å². The van der Waals surface area contributed by atoms with Gasteiger partial charge in [0, 0.05) is 49.3 Å². The maximum atomic E-state index is 5.17. The monoisotopic (exact) mass is 778 g/mol. The Morgan fingerprint density at radius 2 is 0.600 bits per heavy atom. The number of aromatic nitrogens is 1. The van der Waals surface area contributed by atoms with Crippen LogP contribution in [0.25, 0.3) is 21.8 Å². The van der Waals surface area contributed by atoms with Crippen LogP contribution in [0.1, 0.15) is 219 Å². The molecule has 0 aliphatic carbocycles. The number of hydrogen-bond acceptors (Lipinski definition) is 3. The van der Waals surface area contributed by atoms with Crippen molar-refractivity contribution in [1.82, 2.24) is 4.98 Å². The van der Waals surface area contributed by atoms with Gasteiger partial charge in [0.1, 0.15) is 0 Å². The third-order valence-corrected chi connectivity index (χ3v) is 12.2. The predicted octanol–water partition coefficient (Wildman–Crippen LogP) is 17.2. The lowest BCUT2D eigenvalue weighted by atomic mass is 10.0. The summed E-state index contributed by atoms with van der Waals surface area (Å²) < 4.78 is 0. The average molecular weight is 779 g/mol. The Kier molecular flexibility index (Phi) is 29.5. The summed E-state index contributed by atoms with van der Waals surface area (Å²) in [5, 5.41) is 2.47. The van der Waals surface area contributed by atoms with Crippen molar-refractivity contribution in [3.05, 3.63) is 42.5 Å². The maximum Gasteiger partial charge on any atom is 0.0730 e. The minimum Gasteiger partial charge on any atom is -0.375 e. The van der Waals surface area contributed by atoms with Crippen molar-refractivity contribution >= 4 is 45.6 Å². The smallest absolute Gasteiger partial charge is 0.0730 e. The first-order valence-corrected chi connectivity index (χ1v) is 23.9.